The fraction of sp³-hybridized carbons (Fsp3) is 0.238. The quantitative estimate of drug-likeness (QED) is 0.587. The number of benzene rings is 2. The summed E-state index contributed by atoms with van der Waals surface area (Å²) in [6.07, 6.45) is 1.94. The molecule has 5 rings (SSSR count). The van der Waals surface area contributed by atoms with Crippen molar-refractivity contribution >= 4 is 27.6 Å². The number of hydrogen-bond donors (Lipinski definition) is 2. The van der Waals surface area contributed by atoms with Crippen molar-refractivity contribution in [3.63, 3.8) is 0 Å². The van der Waals surface area contributed by atoms with Crippen LogP contribution in [0.25, 0.3) is 33.2 Å². The van der Waals surface area contributed by atoms with Crippen LogP contribution in [0.15, 0.2) is 48.7 Å². The monoisotopic (exact) mass is 360 g/mol. The van der Waals surface area contributed by atoms with E-state index in [2.05, 4.69) is 28.1 Å². The Morgan fingerprint density at radius 3 is 2.78 bits per heavy atom. The lowest BCUT2D eigenvalue weighted by molar-refractivity contribution is 0.122. The van der Waals surface area contributed by atoms with Crippen molar-refractivity contribution in [2.24, 2.45) is 0 Å². The molecular formula is C21H20N4O2. The number of aliphatic hydroxyl groups excluding tert-OH is 1. The van der Waals surface area contributed by atoms with E-state index >= 15 is 0 Å². The first-order valence-corrected chi connectivity index (χ1v) is 9.14. The summed E-state index contributed by atoms with van der Waals surface area (Å²) in [5.74, 6) is 1.61. The summed E-state index contributed by atoms with van der Waals surface area (Å²) < 4.78 is 5.52. The Morgan fingerprint density at radius 1 is 1.04 bits per heavy atom. The predicted octanol–water partition coefficient (Wildman–Crippen LogP) is 3.11. The molecule has 6 heteroatoms. The summed E-state index contributed by atoms with van der Waals surface area (Å²) in [5.41, 5.74) is 3.76. The average molecular weight is 360 g/mol. The third-order valence-corrected chi connectivity index (χ3v) is 5.05. The Morgan fingerprint density at radius 2 is 1.93 bits per heavy atom. The van der Waals surface area contributed by atoms with Gasteiger partial charge in [0.1, 0.15) is 5.82 Å². The van der Waals surface area contributed by atoms with E-state index in [1.807, 2.05) is 30.5 Å². The van der Waals surface area contributed by atoms with E-state index in [0.717, 1.165) is 51.8 Å². The third kappa shape index (κ3) is 2.83. The van der Waals surface area contributed by atoms with E-state index in [0.29, 0.717) is 19.0 Å². The molecule has 0 spiro atoms. The molecule has 3 heterocycles. The molecular weight excluding hydrogens is 340 g/mol. The lowest BCUT2D eigenvalue weighted by Crippen LogP contribution is -2.37. The first kappa shape index (κ1) is 16.2. The van der Waals surface area contributed by atoms with Gasteiger partial charge in [0.2, 0.25) is 0 Å². The van der Waals surface area contributed by atoms with Gasteiger partial charge in [-0.05, 0) is 29.8 Å². The Bertz CT molecular complexity index is 1120. The Labute approximate surface area is 156 Å². The molecule has 0 saturated carbocycles. The van der Waals surface area contributed by atoms with E-state index < -0.39 is 0 Å². The minimum absolute atomic E-state index is 0.000200. The zero-order valence-electron chi connectivity index (χ0n) is 14.9. The molecule has 2 aromatic carbocycles. The molecule has 0 unspecified atom stereocenters. The number of aromatic amines is 1. The molecule has 27 heavy (non-hydrogen) atoms. The predicted molar refractivity (Wildman–Crippen MR) is 106 cm³/mol. The number of morpholine rings is 1. The summed E-state index contributed by atoms with van der Waals surface area (Å²) in [6, 6.07) is 14.0. The van der Waals surface area contributed by atoms with Crippen LogP contribution in [0.1, 0.15) is 5.56 Å². The van der Waals surface area contributed by atoms with Crippen molar-refractivity contribution in [1.29, 1.82) is 0 Å². The lowest BCUT2D eigenvalue weighted by Gasteiger charge is -2.29. The first-order chi connectivity index (χ1) is 13.3. The molecule has 0 radical (unpaired) electrons. The topological polar surface area (TPSA) is 74.3 Å². The van der Waals surface area contributed by atoms with Crippen LogP contribution in [0.4, 0.5) is 5.82 Å². The summed E-state index contributed by atoms with van der Waals surface area (Å²) in [4.78, 5) is 15.4. The van der Waals surface area contributed by atoms with Gasteiger partial charge in [0.05, 0.1) is 25.3 Å². The highest BCUT2D eigenvalue weighted by Gasteiger charge is 2.19. The van der Waals surface area contributed by atoms with Gasteiger partial charge in [-0.3, -0.25) is 0 Å². The summed E-state index contributed by atoms with van der Waals surface area (Å²) in [5, 5.41) is 11.6. The van der Waals surface area contributed by atoms with E-state index in [1.54, 1.807) is 0 Å². The van der Waals surface area contributed by atoms with Crippen molar-refractivity contribution in [1.82, 2.24) is 15.0 Å². The van der Waals surface area contributed by atoms with E-state index in [9.17, 15) is 5.11 Å². The number of nitrogens with one attached hydrogen (secondary N) is 1. The van der Waals surface area contributed by atoms with Crippen LogP contribution in [0.2, 0.25) is 0 Å². The number of ether oxygens (including phenoxy) is 1. The molecule has 1 aliphatic rings. The Kier molecular flexibility index (Phi) is 3.99. The second-order valence-corrected chi connectivity index (χ2v) is 6.73. The number of fused-ring (bicyclic) bond motifs is 3. The highest BCUT2D eigenvalue weighted by molar-refractivity contribution is 6.08. The summed E-state index contributed by atoms with van der Waals surface area (Å²) in [6.45, 7) is 3.03. The SMILES string of the molecule is OCc1cccc(-c2nc(N3CCOCC3)c3ccc4[nH]ccc4c3n2)c1. The van der Waals surface area contributed by atoms with Gasteiger partial charge in [0.25, 0.3) is 0 Å². The van der Waals surface area contributed by atoms with Crippen LogP contribution in [0.5, 0.6) is 0 Å². The van der Waals surface area contributed by atoms with Crippen molar-refractivity contribution in [2.45, 2.75) is 6.61 Å². The fourth-order valence-corrected chi connectivity index (χ4v) is 3.66. The van der Waals surface area contributed by atoms with Crippen LogP contribution in [-0.4, -0.2) is 46.4 Å². The zero-order valence-corrected chi connectivity index (χ0v) is 14.9. The molecule has 0 aliphatic carbocycles. The largest absolute Gasteiger partial charge is 0.392 e. The normalized spacial score (nSPS) is 14.9. The van der Waals surface area contributed by atoms with Gasteiger partial charge in [0.15, 0.2) is 5.82 Å². The lowest BCUT2D eigenvalue weighted by atomic mass is 10.1. The van der Waals surface area contributed by atoms with Gasteiger partial charge in [-0.2, -0.15) is 0 Å². The van der Waals surface area contributed by atoms with Crippen LogP contribution >= 0.6 is 0 Å². The van der Waals surface area contributed by atoms with Gasteiger partial charge in [-0.1, -0.05) is 18.2 Å². The number of anilines is 1. The number of aromatic nitrogens is 3. The Hall–Kier alpha value is -2.96. The molecule has 1 saturated heterocycles. The zero-order chi connectivity index (χ0) is 18.2. The maximum atomic E-state index is 9.49. The van der Waals surface area contributed by atoms with Crippen LogP contribution < -0.4 is 4.90 Å². The van der Waals surface area contributed by atoms with Gasteiger partial charge in [-0.15, -0.1) is 0 Å². The smallest absolute Gasteiger partial charge is 0.162 e. The highest BCUT2D eigenvalue weighted by Crippen LogP contribution is 2.32. The summed E-state index contributed by atoms with van der Waals surface area (Å²) in [7, 11) is 0. The first-order valence-electron chi connectivity index (χ1n) is 9.14. The van der Waals surface area contributed by atoms with Crippen molar-refractivity contribution < 1.29 is 9.84 Å². The number of H-pyrrole nitrogens is 1. The van der Waals surface area contributed by atoms with E-state index in [1.165, 1.54) is 0 Å². The second kappa shape index (κ2) is 6.64. The maximum absolute atomic E-state index is 9.49. The molecule has 136 valence electrons. The minimum atomic E-state index is -0.000200. The molecule has 0 bridgehead atoms. The van der Waals surface area contributed by atoms with Crippen molar-refractivity contribution in [2.75, 3.05) is 31.2 Å². The van der Waals surface area contributed by atoms with E-state index in [4.69, 9.17) is 14.7 Å². The van der Waals surface area contributed by atoms with Gasteiger partial charge in [-0.25, -0.2) is 9.97 Å². The maximum Gasteiger partial charge on any atom is 0.162 e. The van der Waals surface area contributed by atoms with Crippen molar-refractivity contribution in [3.05, 3.63) is 54.2 Å². The standard InChI is InChI=1S/C21H20N4O2/c26-13-14-2-1-3-15(12-14)20-23-19-16-6-7-22-18(16)5-4-17(19)21(24-20)25-8-10-27-11-9-25/h1-7,12,22,26H,8-11,13H2. The number of aliphatic hydroxyl groups is 1. The molecule has 1 aliphatic heterocycles. The van der Waals surface area contributed by atoms with E-state index in [-0.39, 0.29) is 6.61 Å². The van der Waals surface area contributed by atoms with Crippen LogP contribution in [0.3, 0.4) is 0 Å². The van der Waals surface area contributed by atoms with Crippen LogP contribution in [-0.2, 0) is 11.3 Å². The molecule has 0 amide bonds. The Balaban J connectivity index is 1.77. The fourth-order valence-electron chi connectivity index (χ4n) is 3.66. The average Bonchev–Trinajstić information content (AvgIpc) is 3.23. The molecule has 6 nitrogen and oxygen atoms in total. The number of hydrogen-bond acceptors (Lipinski definition) is 5. The second-order valence-electron chi connectivity index (χ2n) is 6.73. The molecule has 2 N–H and O–H groups in total. The third-order valence-electron chi connectivity index (χ3n) is 5.05. The molecule has 0 atom stereocenters. The molecule has 4 aromatic rings. The van der Waals surface area contributed by atoms with Crippen molar-refractivity contribution in [3.8, 4) is 11.4 Å². The minimum Gasteiger partial charge on any atom is -0.392 e. The van der Waals surface area contributed by atoms with Gasteiger partial charge in [0, 0.05) is 41.1 Å². The van der Waals surface area contributed by atoms with Gasteiger partial charge >= 0.3 is 0 Å². The highest BCUT2D eigenvalue weighted by atomic mass is 16.5. The number of nitrogens with zero attached hydrogens (tertiary/aromatic N) is 3. The summed E-state index contributed by atoms with van der Waals surface area (Å²) >= 11 is 0. The van der Waals surface area contributed by atoms with Gasteiger partial charge < -0.3 is 19.7 Å². The molecule has 1 fully saturated rings. The van der Waals surface area contributed by atoms with Crippen LogP contribution in [0, 0.1) is 0 Å². The number of rotatable bonds is 3. The molecule has 2 aromatic heterocycles.